The number of aliphatic imine (C=N–C) groups is 1. The van der Waals surface area contributed by atoms with Crippen LogP contribution in [0, 0.1) is 0 Å². The molecule has 0 spiro atoms. The zero-order valence-corrected chi connectivity index (χ0v) is 20.0. The third kappa shape index (κ3) is 7.68. The lowest BCUT2D eigenvalue weighted by Crippen LogP contribution is -2.51. The van der Waals surface area contributed by atoms with Gasteiger partial charge in [0, 0.05) is 32.6 Å². The smallest absolute Gasteiger partial charge is 0.222 e. The summed E-state index contributed by atoms with van der Waals surface area (Å²) in [5.41, 5.74) is 1.14. The molecular formula is C22H35IN4O2. The lowest BCUT2D eigenvalue weighted by Gasteiger charge is -2.31. The summed E-state index contributed by atoms with van der Waals surface area (Å²) in [5, 5.41) is 6.78. The number of nitrogens with one attached hydrogen (secondary N) is 2. The van der Waals surface area contributed by atoms with Crippen molar-refractivity contribution >= 4 is 35.8 Å². The van der Waals surface area contributed by atoms with Crippen LogP contribution in [0.3, 0.4) is 0 Å². The molecular weight excluding hydrogens is 479 g/mol. The average Bonchev–Trinajstić information content (AvgIpc) is 2.70. The number of rotatable bonds is 6. The van der Waals surface area contributed by atoms with E-state index in [1.807, 2.05) is 19.2 Å². The number of piperidine rings is 1. The molecule has 1 heterocycles. The van der Waals surface area contributed by atoms with E-state index in [9.17, 15) is 4.79 Å². The average molecular weight is 514 g/mol. The van der Waals surface area contributed by atoms with E-state index in [1.165, 1.54) is 19.3 Å². The number of likely N-dealkylation sites (N-methyl/N-ethyl adjacent to an activating group) is 1. The molecule has 1 unspecified atom stereocenters. The van der Waals surface area contributed by atoms with Gasteiger partial charge in [-0.2, -0.15) is 0 Å². The molecule has 1 aromatic rings. The summed E-state index contributed by atoms with van der Waals surface area (Å²) >= 11 is 0. The Balaban J connectivity index is 0.00000300. The van der Waals surface area contributed by atoms with Crippen molar-refractivity contribution in [2.45, 2.75) is 70.6 Å². The minimum absolute atomic E-state index is 0. The maximum atomic E-state index is 11.7. The molecule has 1 saturated carbocycles. The van der Waals surface area contributed by atoms with Crippen LogP contribution in [-0.4, -0.2) is 49.0 Å². The van der Waals surface area contributed by atoms with E-state index in [0.29, 0.717) is 25.6 Å². The number of benzene rings is 1. The van der Waals surface area contributed by atoms with Gasteiger partial charge >= 0.3 is 0 Å². The van der Waals surface area contributed by atoms with Gasteiger partial charge in [0.05, 0.1) is 12.6 Å². The van der Waals surface area contributed by atoms with Gasteiger partial charge in [-0.05, 0) is 56.7 Å². The van der Waals surface area contributed by atoms with E-state index < -0.39 is 0 Å². The predicted octanol–water partition coefficient (Wildman–Crippen LogP) is 3.69. The van der Waals surface area contributed by atoms with Crippen molar-refractivity contribution < 1.29 is 9.53 Å². The molecule has 1 atom stereocenters. The van der Waals surface area contributed by atoms with Crippen LogP contribution in [0.1, 0.15) is 57.4 Å². The minimum Gasteiger partial charge on any atom is -0.490 e. The SMILES string of the molecule is CCNC(=NCc1cccc(OC2CCCCC2)c1)NC1CCC(=O)N(C)C1.I. The van der Waals surface area contributed by atoms with Gasteiger partial charge in [0.25, 0.3) is 0 Å². The molecule has 2 N–H and O–H groups in total. The number of guanidine groups is 1. The number of hydrogen-bond acceptors (Lipinski definition) is 3. The predicted molar refractivity (Wildman–Crippen MR) is 128 cm³/mol. The standard InChI is InChI=1S/C22H34N4O2.HI/c1-3-23-22(25-18-12-13-21(27)26(2)16-18)24-15-17-8-7-11-20(14-17)28-19-9-5-4-6-10-19;/h7-8,11,14,18-19H,3-6,9-10,12-13,15-16H2,1-2H3,(H2,23,24,25);1H. The van der Waals surface area contributed by atoms with Crippen molar-refractivity contribution in [1.82, 2.24) is 15.5 Å². The second kappa shape index (κ2) is 12.2. The Morgan fingerprint density at radius 3 is 2.76 bits per heavy atom. The van der Waals surface area contributed by atoms with E-state index in [-0.39, 0.29) is 35.9 Å². The highest BCUT2D eigenvalue weighted by Crippen LogP contribution is 2.24. The van der Waals surface area contributed by atoms with Crippen LogP contribution in [0.2, 0.25) is 0 Å². The summed E-state index contributed by atoms with van der Waals surface area (Å²) in [5.74, 6) is 1.97. The molecule has 0 bridgehead atoms. The fraction of sp³-hybridized carbons (Fsp3) is 0.636. The second-order valence-electron chi connectivity index (χ2n) is 7.87. The number of nitrogens with zero attached hydrogens (tertiary/aromatic N) is 2. The van der Waals surface area contributed by atoms with E-state index in [4.69, 9.17) is 9.73 Å². The van der Waals surface area contributed by atoms with E-state index >= 15 is 0 Å². The topological polar surface area (TPSA) is 66.0 Å². The molecule has 2 aliphatic rings. The maximum Gasteiger partial charge on any atom is 0.222 e. The second-order valence-corrected chi connectivity index (χ2v) is 7.87. The number of likely N-dealkylation sites (tertiary alicyclic amines) is 1. The van der Waals surface area contributed by atoms with E-state index in [0.717, 1.165) is 43.1 Å². The fourth-order valence-electron chi connectivity index (χ4n) is 3.91. The van der Waals surface area contributed by atoms with Crippen LogP contribution in [0.25, 0.3) is 0 Å². The lowest BCUT2D eigenvalue weighted by atomic mass is 9.98. The Hall–Kier alpha value is -1.51. The number of carbonyl (C=O) groups is 1. The zero-order chi connectivity index (χ0) is 19.8. The molecule has 29 heavy (non-hydrogen) atoms. The van der Waals surface area contributed by atoms with Gasteiger partial charge in [-0.15, -0.1) is 24.0 Å². The van der Waals surface area contributed by atoms with Gasteiger partial charge in [-0.25, -0.2) is 4.99 Å². The normalized spacial score (nSPS) is 20.8. The quantitative estimate of drug-likeness (QED) is 0.345. The summed E-state index contributed by atoms with van der Waals surface area (Å²) in [4.78, 5) is 18.2. The van der Waals surface area contributed by atoms with Gasteiger partial charge < -0.3 is 20.3 Å². The highest BCUT2D eigenvalue weighted by atomic mass is 127. The summed E-state index contributed by atoms with van der Waals surface area (Å²) < 4.78 is 6.18. The molecule has 0 aromatic heterocycles. The third-order valence-corrected chi connectivity index (χ3v) is 5.48. The summed E-state index contributed by atoms with van der Waals surface area (Å²) in [7, 11) is 1.86. The molecule has 1 aliphatic heterocycles. The van der Waals surface area contributed by atoms with Crippen molar-refractivity contribution in [3.8, 4) is 5.75 Å². The molecule has 162 valence electrons. The number of carbonyl (C=O) groups excluding carboxylic acids is 1. The van der Waals surface area contributed by atoms with Crippen molar-refractivity contribution in [3.63, 3.8) is 0 Å². The van der Waals surface area contributed by atoms with Gasteiger partial charge in [0.2, 0.25) is 5.91 Å². The van der Waals surface area contributed by atoms with E-state index in [2.05, 4.69) is 29.7 Å². The molecule has 0 radical (unpaired) electrons. The van der Waals surface area contributed by atoms with Crippen LogP contribution < -0.4 is 15.4 Å². The van der Waals surface area contributed by atoms with Crippen LogP contribution in [0.5, 0.6) is 5.75 Å². The number of amides is 1. The molecule has 2 fully saturated rings. The Morgan fingerprint density at radius 2 is 2.03 bits per heavy atom. The zero-order valence-electron chi connectivity index (χ0n) is 17.7. The summed E-state index contributed by atoms with van der Waals surface area (Å²) in [6, 6.07) is 8.52. The number of halogens is 1. The van der Waals surface area contributed by atoms with Crippen LogP contribution in [0.4, 0.5) is 0 Å². The molecule has 1 saturated heterocycles. The van der Waals surface area contributed by atoms with Crippen molar-refractivity contribution in [2.75, 3.05) is 20.1 Å². The van der Waals surface area contributed by atoms with Crippen molar-refractivity contribution in [1.29, 1.82) is 0 Å². The maximum absolute atomic E-state index is 11.7. The monoisotopic (exact) mass is 514 g/mol. The molecule has 7 heteroatoms. The van der Waals surface area contributed by atoms with Gasteiger partial charge in [0.1, 0.15) is 5.75 Å². The molecule has 6 nitrogen and oxygen atoms in total. The summed E-state index contributed by atoms with van der Waals surface area (Å²) in [6.07, 6.45) is 8.00. The van der Waals surface area contributed by atoms with Crippen LogP contribution in [0.15, 0.2) is 29.3 Å². The molecule has 1 aliphatic carbocycles. The molecule has 1 amide bonds. The molecule has 1 aromatic carbocycles. The first-order chi connectivity index (χ1) is 13.6. The summed E-state index contributed by atoms with van der Waals surface area (Å²) in [6.45, 7) is 4.18. The van der Waals surface area contributed by atoms with Gasteiger partial charge in [0.15, 0.2) is 5.96 Å². The minimum atomic E-state index is 0. The number of ether oxygens (including phenoxy) is 1. The van der Waals surface area contributed by atoms with Gasteiger partial charge in [-0.3, -0.25) is 4.79 Å². The third-order valence-electron chi connectivity index (χ3n) is 5.48. The van der Waals surface area contributed by atoms with Crippen molar-refractivity contribution in [2.24, 2.45) is 4.99 Å². The fourth-order valence-corrected chi connectivity index (χ4v) is 3.91. The number of hydrogen-bond donors (Lipinski definition) is 2. The van der Waals surface area contributed by atoms with E-state index in [1.54, 1.807) is 4.90 Å². The van der Waals surface area contributed by atoms with Crippen LogP contribution >= 0.6 is 24.0 Å². The largest absolute Gasteiger partial charge is 0.490 e. The first-order valence-electron chi connectivity index (χ1n) is 10.7. The first kappa shape index (κ1) is 23.8. The highest BCUT2D eigenvalue weighted by molar-refractivity contribution is 14.0. The Labute approximate surface area is 191 Å². The van der Waals surface area contributed by atoms with Crippen LogP contribution in [-0.2, 0) is 11.3 Å². The highest BCUT2D eigenvalue weighted by Gasteiger charge is 2.23. The first-order valence-corrected chi connectivity index (χ1v) is 10.7. The Kier molecular flexibility index (Phi) is 10.0. The lowest BCUT2D eigenvalue weighted by molar-refractivity contribution is -0.132. The van der Waals surface area contributed by atoms with Gasteiger partial charge in [-0.1, -0.05) is 18.6 Å². The van der Waals surface area contributed by atoms with Crippen molar-refractivity contribution in [3.05, 3.63) is 29.8 Å². The Bertz CT molecular complexity index is 677. The Morgan fingerprint density at radius 1 is 1.24 bits per heavy atom. The molecule has 3 rings (SSSR count).